The highest BCUT2D eigenvalue weighted by molar-refractivity contribution is 7.10. The predicted molar refractivity (Wildman–Crippen MR) is 86.7 cm³/mol. The Morgan fingerprint density at radius 3 is 2.67 bits per heavy atom. The molecule has 0 aliphatic carbocycles. The molecule has 5 heteroatoms. The molecule has 0 spiro atoms. The lowest BCUT2D eigenvalue weighted by molar-refractivity contribution is -0.000447. The van der Waals surface area contributed by atoms with E-state index in [9.17, 15) is 4.79 Å². The van der Waals surface area contributed by atoms with Crippen molar-refractivity contribution in [3.8, 4) is 0 Å². The summed E-state index contributed by atoms with van der Waals surface area (Å²) >= 11 is 1.79. The molecule has 0 saturated carbocycles. The van der Waals surface area contributed by atoms with Crippen LogP contribution in [0.1, 0.15) is 45.5 Å². The van der Waals surface area contributed by atoms with E-state index in [4.69, 9.17) is 4.74 Å². The average Bonchev–Trinajstić information content (AvgIpc) is 2.89. The number of ether oxygens (including phenoxy) is 1. The Kier molecular flexibility index (Phi) is 4.94. The normalized spacial score (nSPS) is 22.1. The molecule has 1 aromatic rings. The second-order valence-electron chi connectivity index (χ2n) is 6.70. The molecular weight excluding hydrogens is 284 g/mol. The van der Waals surface area contributed by atoms with Crippen LogP contribution in [0.25, 0.3) is 0 Å². The summed E-state index contributed by atoms with van der Waals surface area (Å²) < 4.78 is 5.46. The minimum Gasteiger partial charge on any atom is -0.444 e. The van der Waals surface area contributed by atoms with E-state index in [0.29, 0.717) is 12.1 Å². The molecule has 118 valence electrons. The molecule has 0 N–H and O–H groups in total. The Balaban J connectivity index is 1.94. The van der Waals surface area contributed by atoms with Crippen molar-refractivity contribution >= 4 is 17.4 Å². The maximum Gasteiger partial charge on any atom is 0.410 e. The fourth-order valence-corrected chi connectivity index (χ4v) is 3.54. The first-order valence-corrected chi connectivity index (χ1v) is 8.43. The van der Waals surface area contributed by atoms with Gasteiger partial charge in [-0.25, -0.2) is 4.79 Å². The van der Waals surface area contributed by atoms with E-state index in [2.05, 4.69) is 36.3 Å². The van der Waals surface area contributed by atoms with E-state index in [-0.39, 0.29) is 6.09 Å². The summed E-state index contributed by atoms with van der Waals surface area (Å²) in [4.78, 5) is 17.8. The number of thiophene rings is 1. The summed E-state index contributed by atoms with van der Waals surface area (Å²) in [5.74, 6) is 0. The van der Waals surface area contributed by atoms with Gasteiger partial charge in [-0.1, -0.05) is 6.07 Å². The van der Waals surface area contributed by atoms with Gasteiger partial charge in [-0.05, 0) is 46.1 Å². The Morgan fingerprint density at radius 1 is 1.43 bits per heavy atom. The van der Waals surface area contributed by atoms with Crippen molar-refractivity contribution in [3.05, 3.63) is 22.4 Å². The molecule has 0 aromatic carbocycles. The summed E-state index contributed by atoms with van der Waals surface area (Å²) in [6, 6.07) is 5.02. The molecule has 2 atom stereocenters. The second kappa shape index (κ2) is 6.36. The second-order valence-corrected chi connectivity index (χ2v) is 7.68. The summed E-state index contributed by atoms with van der Waals surface area (Å²) in [6.45, 7) is 12.5. The van der Waals surface area contributed by atoms with Crippen molar-refractivity contribution in [2.24, 2.45) is 0 Å². The van der Waals surface area contributed by atoms with Gasteiger partial charge in [-0.15, -0.1) is 11.3 Å². The molecule has 1 saturated heterocycles. The van der Waals surface area contributed by atoms with E-state index in [0.717, 1.165) is 19.6 Å². The van der Waals surface area contributed by atoms with Crippen LogP contribution < -0.4 is 0 Å². The molecule has 0 radical (unpaired) electrons. The molecule has 21 heavy (non-hydrogen) atoms. The van der Waals surface area contributed by atoms with Crippen LogP contribution in [0.4, 0.5) is 4.79 Å². The molecule has 1 fully saturated rings. The minimum atomic E-state index is -0.429. The number of nitrogens with zero attached hydrogens (tertiary/aromatic N) is 2. The van der Waals surface area contributed by atoms with Crippen LogP contribution in [-0.2, 0) is 4.74 Å². The lowest BCUT2D eigenvalue weighted by Crippen LogP contribution is -2.54. The highest BCUT2D eigenvalue weighted by Crippen LogP contribution is 2.28. The van der Waals surface area contributed by atoms with E-state index < -0.39 is 5.60 Å². The largest absolute Gasteiger partial charge is 0.444 e. The lowest BCUT2D eigenvalue weighted by Gasteiger charge is -2.42. The Bertz CT molecular complexity index is 467. The van der Waals surface area contributed by atoms with Crippen LogP contribution in [0.2, 0.25) is 0 Å². The van der Waals surface area contributed by atoms with Crippen LogP contribution in [0.3, 0.4) is 0 Å². The first-order chi connectivity index (χ1) is 9.78. The van der Waals surface area contributed by atoms with Crippen molar-refractivity contribution in [2.75, 3.05) is 19.6 Å². The first-order valence-electron chi connectivity index (χ1n) is 7.55. The van der Waals surface area contributed by atoms with Crippen LogP contribution in [0, 0.1) is 0 Å². The third-order valence-corrected chi connectivity index (χ3v) is 4.83. The number of hydrogen-bond donors (Lipinski definition) is 0. The van der Waals surface area contributed by atoms with Crippen LogP contribution in [-0.4, -0.2) is 47.2 Å². The van der Waals surface area contributed by atoms with Gasteiger partial charge in [0.05, 0.1) is 0 Å². The number of hydrogen-bond acceptors (Lipinski definition) is 4. The zero-order valence-electron chi connectivity index (χ0n) is 13.6. The summed E-state index contributed by atoms with van der Waals surface area (Å²) in [5, 5.41) is 2.12. The van der Waals surface area contributed by atoms with Gasteiger partial charge in [0.1, 0.15) is 5.60 Å². The third-order valence-electron chi connectivity index (χ3n) is 3.78. The maximum atomic E-state index is 12.2. The van der Waals surface area contributed by atoms with Crippen molar-refractivity contribution in [1.82, 2.24) is 9.80 Å². The van der Waals surface area contributed by atoms with Gasteiger partial charge in [0.25, 0.3) is 0 Å². The molecule has 1 amide bonds. The van der Waals surface area contributed by atoms with Gasteiger partial charge < -0.3 is 9.64 Å². The van der Waals surface area contributed by atoms with Crippen LogP contribution >= 0.6 is 11.3 Å². The van der Waals surface area contributed by atoms with Gasteiger partial charge in [0, 0.05) is 36.6 Å². The molecule has 0 unspecified atom stereocenters. The fourth-order valence-electron chi connectivity index (χ4n) is 2.73. The smallest absolute Gasteiger partial charge is 0.410 e. The van der Waals surface area contributed by atoms with Gasteiger partial charge in [-0.2, -0.15) is 0 Å². The van der Waals surface area contributed by atoms with Gasteiger partial charge in [0.15, 0.2) is 0 Å². The van der Waals surface area contributed by atoms with Gasteiger partial charge in [0.2, 0.25) is 0 Å². The quantitative estimate of drug-likeness (QED) is 0.834. The number of piperazine rings is 1. The number of carbonyl (C=O) groups is 1. The molecule has 1 aliphatic rings. The van der Waals surface area contributed by atoms with Gasteiger partial charge in [-0.3, -0.25) is 4.90 Å². The van der Waals surface area contributed by atoms with Crippen molar-refractivity contribution in [2.45, 2.75) is 52.3 Å². The molecule has 4 nitrogen and oxygen atoms in total. The number of carbonyl (C=O) groups excluding carboxylic acids is 1. The monoisotopic (exact) mass is 310 g/mol. The predicted octanol–water partition coefficient (Wildman–Crippen LogP) is 3.75. The molecule has 1 aliphatic heterocycles. The Morgan fingerprint density at radius 2 is 2.14 bits per heavy atom. The van der Waals surface area contributed by atoms with E-state index in [1.807, 2.05) is 25.7 Å². The summed E-state index contributed by atoms with van der Waals surface area (Å²) in [7, 11) is 0. The van der Waals surface area contributed by atoms with E-state index in [1.165, 1.54) is 4.88 Å². The van der Waals surface area contributed by atoms with Crippen LogP contribution in [0.15, 0.2) is 17.5 Å². The SMILES string of the molecule is C[C@H](c1cccs1)N1CCN(C(=O)OC(C)(C)C)C[C@@H]1C. The van der Waals surface area contributed by atoms with Crippen molar-refractivity contribution in [1.29, 1.82) is 0 Å². The van der Waals surface area contributed by atoms with Crippen molar-refractivity contribution in [3.63, 3.8) is 0 Å². The number of amides is 1. The molecular formula is C16H26N2O2S. The van der Waals surface area contributed by atoms with E-state index in [1.54, 1.807) is 11.3 Å². The zero-order chi connectivity index (χ0) is 15.6. The average molecular weight is 310 g/mol. The molecule has 0 bridgehead atoms. The highest BCUT2D eigenvalue weighted by Gasteiger charge is 2.32. The highest BCUT2D eigenvalue weighted by atomic mass is 32.1. The maximum absolute atomic E-state index is 12.2. The Labute approximate surface area is 131 Å². The van der Waals surface area contributed by atoms with Gasteiger partial charge >= 0.3 is 6.09 Å². The van der Waals surface area contributed by atoms with Crippen molar-refractivity contribution < 1.29 is 9.53 Å². The third kappa shape index (κ3) is 4.20. The molecule has 2 heterocycles. The van der Waals surface area contributed by atoms with Crippen LogP contribution in [0.5, 0.6) is 0 Å². The minimum absolute atomic E-state index is 0.197. The standard InChI is InChI=1S/C16H26N2O2S/c1-12-11-17(15(19)20-16(3,4)5)8-9-18(12)13(2)14-7-6-10-21-14/h6-7,10,12-13H,8-9,11H2,1-5H3/t12-,13+/m0/s1. The molecule has 2 rings (SSSR count). The fraction of sp³-hybridized carbons (Fsp3) is 0.688. The summed E-state index contributed by atoms with van der Waals surface area (Å²) in [6.07, 6.45) is -0.197. The van der Waals surface area contributed by atoms with E-state index >= 15 is 0 Å². The lowest BCUT2D eigenvalue weighted by atomic mass is 10.1. The molecule has 1 aromatic heterocycles. The topological polar surface area (TPSA) is 32.8 Å². The summed E-state index contributed by atoms with van der Waals surface area (Å²) in [5.41, 5.74) is -0.429. The first kappa shape index (κ1) is 16.3. The number of rotatable bonds is 2. The Hall–Kier alpha value is -1.07. The zero-order valence-corrected chi connectivity index (χ0v) is 14.4.